The van der Waals surface area contributed by atoms with Gasteiger partial charge >= 0.3 is 15.5 Å². The molecule has 0 aliphatic heterocycles. The molecular formula is C16H20F3N3O4S. The summed E-state index contributed by atoms with van der Waals surface area (Å²) in [6.07, 6.45) is 4.28. The van der Waals surface area contributed by atoms with E-state index in [1.54, 1.807) is 6.92 Å². The fourth-order valence-corrected chi connectivity index (χ4v) is 4.08. The lowest BCUT2D eigenvalue weighted by atomic mass is 9.50. The Hall–Kier alpha value is -1.88. The van der Waals surface area contributed by atoms with Crippen molar-refractivity contribution < 1.29 is 31.1 Å². The van der Waals surface area contributed by atoms with Crippen LogP contribution < -0.4 is 14.8 Å². The summed E-state index contributed by atoms with van der Waals surface area (Å²) in [5.74, 6) is 0.608. The maximum atomic E-state index is 12.5. The van der Waals surface area contributed by atoms with E-state index in [2.05, 4.69) is 10.3 Å². The molecule has 3 saturated carbocycles. The highest BCUT2D eigenvalue weighted by atomic mass is 32.2. The zero-order valence-electron chi connectivity index (χ0n) is 14.8. The van der Waals surface area contributed by atoms with Crippen LogP contribution in [-0.4, -0.2) is 43.0 Å². The molecule has 4 rings (SSSR count). The quantitative estimate of drug-likeness (QED) is 0.719. The van der Waals surface area contributed by atoms with Crippen LogP contribution in [0.5, 0.6) is 5.75 Å². The number of carbonyl (C=O) groups is 1. The minimum absolute atomic E-state index is 0.102. The van der Waals surface area contributed by atoms with E-state index in [0.717, 1.165) is 19.3 Å². The lowest BCUT2D eigenvalue weighted by Crippen LogP contribution is -2.68. The number of pyridine rings is 1. The van der Waals surface area contributed by atoms with Gasteiger partial charge in [-0.2, -0.15) is 13.2 Å². The molecule has 0 aromatic carbocycles. The van der Waals surface area contributed by atoms with Gasteiger partial charge < -0.3 is 10.1 Å². The molecular weight excluding hydrogens is 387 g/mol. The van der Waals surface area contributed by atoms with Crippen molar-refractivity contribution in [1.29, 1.82) is 0 Å². The molecule has 2 bridgehead atoms. The van der Waals surface area contributed by atoms with E-state index in [4.69, 9.17) is 4.74 Å². The van der Waals surface area contributed by atoms with E-state index >= 15 is 0 Å². The van der Waals surface area contributed by atoms with Crippen LogP contribution in [0.2, 0.25) is 0 Å². The van der Waals surface area contributed by atoms with Crippen molar-refractivity contribution in [2.45, 2.75) is 50.2 Å². The van der Waals surface area contributed by atoms with Crippen molar-refractivity contribution in [3.8, 4) is 5.75 Å². The predicted octanol–water partition coefficient (Wildman–Crippen LogP) is 1.88. The van der Waals surface area contributed by atoms with E-state index in [0.29, 0.717) is 17.2 Å². The number of alkyl halides is 3. The van der Waals surface area contributed by atoms with Gasteiger partial charge in [-0.25, -0.2) is 13.1 Å². The fraction of sp³-hybridized carbons (Fsp3) is 0.625. The molecule has 11 heteroatoms. The van der Waals surface area contributed by atoms with E-state index < -0.39 is 21.6 Å². The van der Waals surface area contributed by atoms with Gasteiger partial charge in [0.25, 0.3) is 5.91 Å². The number of nitrogens with zero attached hydrogens (tertiary/aromatic N) is 1. The zero-order valence-corrected chi connectivity index (χ0v) is 15.6. The Labute approximate surface area is 154 Å². The Kier molecular flexibility index (Phi) is 4.87. The first-order chi connectivity index (χ1) is 12.4. The van der Waals surface area contributed by atoms with E-state index in [9.17, 15) is 26.4 Å². The van der Waals surface area contributed by atoms with E-state index in [1.165, 1.54) is 23.9 Å². The molecule has 1 atom stereocenters. The van der Waals surface area contributed by atoms with Crippen molar-refractivity contribution >= 4 is 15.9 Å². The van der Waals surface area contributed by atoms with Crippen molar-refractivity contribution in [3.63, 3.8) is 0 Å². The third-order valence-corrected chi connectivity index (χ3v) is 6.21. The number of hydrogen-bond donors (Lipinski definition) is 2. The Morgan fingerprint density at radius 3 is 2.56 bits per heavy atom. The van der Waals surface area contributed by atoms with Crippen molar-refractivity contribution in [3.05, 3.63) is 23.5 Å². The van der Waals surface area contributed by atoms with Gasteiger partial charge in [0.1, 0.15) is 12.4 Å². The first-order valence-electron chi connectivity index (χ1n) is 8.41. The fourth-order valence-electron chi connectivity index (χ4n) is 3.35. The summed E-state index contributed by atoms with van der Waals surface area (Å²) in [4.78, 5) is 16.5. The van der Waals surface area contributed by atoms with Crippen LogP contribution >= 0.6 is 0 Å². The third kappa shape index (κ3) is 4.03. The van der Waals surface area contributed by atoms with Gasteiger partial charge in [0.2, 0.25) is 0 Å². The first kappa shape index (κ1) is 19.9. The van der Waals surface area contributed by atoms with Crippen molar-refractivity contribution in [1.82, 2.24) is 15.0 Å². The average Bonchev–Trinajstić information content (AvgIpc) is 2.47. The highest BCUT2D eigenvalue weighted by Gasteiger charge is 2.57. The lowest BCUT2D eigenvalue weighted by Gasteiger charge is -2.61. The summed E-state index contributed by atoms with van der Waals surface area (Å²) >= 11 is 0. The number of nitrogens with one attached hydrogen (secondary N) is 2. The number of aromatic nitrogens is 1. The molecule has 2 N–H and O–H groups in total. The van der Waals surface area contributed by atoms with Gasteiger partial charge in [-0.05, 0) is 45.1 Å². The Balaban J connectivity index is 1.59. The molecule has 1 aromatic rings. The summed E-state index contributed by atoms with van der Waals surface area (Å²) in [5.41, 5.74) is -4.67. The van der Waals surface area contributed by atoms with Crippen LogP contribution in [0.4, 0.5) is 13.2 Å². The number of sulfonamides is 1. The Morgan fingerprint density at radius 2 is 2.04 bits per heavy atom. The molecule has 0 radical (unpaired) electrons. The minimum atomic E-state index is -5.45. The maximum absolute atomic E-state index is 12.5. The molecule has 0 spiro atoms. The number of aryl methyl sites for hydroxylation is 1. The molecule has 3 aliphatic rings. The second kappa shape index (κ2) is 6.62. The van der Waals surface area contributed by atoms with Gasteiger partial charge in [0, 0.05) is 5.54 Å². The molecule has 3 fully saturated rings. The largest absolute Gasteiger partial charge is 0.511 e. The summed E-state index contributed by atoms with van der Waals surface area (Å²) in [5, 5.41) is 3.00. The molecule has 0 saturated heterocycles. The van der Waals surface area contributed by atoms with E-state index in [-0.39, 0.29) is 23.8 Å². The van der Waals surface area contributed by atoms with Gasteiger partial charge in [-0.1, -0.05) is 0 Å². The van der Waals surface area contributed by atoms with Crippen LogP contribution in [0.25, 0.3) is 0 Å². The standard InChI is InChI=1S/C16H20F3N3O4S/c1-9(22-27(24,25)16(17,18)19)8-26-12-3-13(10(2)20-7-12)14(23)21-15-4-11(5-15)6-15/h3,7,9,11,22H,4-6,8H2,1-2H3,(H,21,23)/t9-,11?,15?/m0/s1. The SMILES string of the molecule is Cc1ncc(OC[C@H](C)NS(=O)(=O)C(F)(F)F)cc1C(=O)NC12CC(C1)C2. The lowest BCUT2D eigenvalue weighted by molar-refractivity contribution is -0.0453. The summed E-state index contributed by atoms with van der Waals surface area (Å²) in [6, 6.07) is 0.324. The number of carbonyl (C=O) groups excluding carboxylic acids is 1. The smallest absolute Gasteiger partial charge is 0.490 e. The monoisotopic (exact) mass is 407 g/mol. The zero-order chi connectivity index (χ0) is 20.0. The minimum Gasteiger partial charge on any atom is -0.490 e. The molecule has 27 heavy (non-hydrogen) atoms. The van der Waals surface area contributed by atoms with Crippen LogP contribution in [-0.2, 0) is 10.0 Å². The van der Waals surface area contributed by atoms with Crippen LogP contribution in [0.15, 0.2) is 12.3 Å². The van der Waals surface area contributed by atoms with E-state index in [1.807, 2.05) is 0 Å². The molecule has 7 nitrogen and oxygen atoms in total. The van der Waals surface area contributed by atoms with Crippen LogP contribution in [0, 0.1) is 12.8 Å². The number of halogens is 3. The summed E-state index contributed by atoms with van der Waals surface area (Å²) < 4.78 is 66.1. The molecule has 1 heterocycles. The molecule has 150 valence electrons. The van der Waals surface area contributed by atoms with Gasteiger partial charge in [0.05, 0.1) is 23.5 Å². The summed E-state index contributed by atoms with van der Waals surface area (Å²) in [7, 11) is -5.45. The topological polar surface area (TPSA) is 97.4 Å². The Bertz CT molecular complexity index is 840. The summed E-state index contributed by atoms with van der Waals surface area (Å²) in [6.45, 7) is 2.55. The number of rotatable bonds is 7. The molecule has 1 aromatic heterocycles. The van der Waals surface area contributed by atoms with Gasteiger partial charge in [0.15, 0.2) is 0 Å². The molecule has 0 unspecified atom stereocenters. The molecule has 1 amide bonds. The normalized spacial score (nSPS) is 25.1. The highest BCUT2D eigenvalue weighted by molar-refractivity contribution is 7.90. The van der Waals surface area contributed by atoms with Crippen molar-refractivity contribution in [2.75, 3.05) is 6.61 Å². The van der Waals surface area contributed by atoms with Gasteiger partial charge in [-0.3, -0.25) is 9.78 Å². The first-order valence-corrected chi connectivity index (χ1v) is 9.90. The second-order valence-electron chi connectivity index (χ2n) is 7.30. The van der Waals surface area contributed by atoms with Gasteiger partial charge in [-0.15, -0.1) is 0 Å². The second-order valence-corrected chi connectivity index (χ2v) is 9.00. The predicted molar refractivity (Wildman–Crippen MR) is 89.6 cm³/mol. The average molecular weight is 407 g/mol. The van der Waals surface area contributed by atoms with Crippen LogP contribution in [0.1, 0.15) is 42.2 Å². The number of amides is 1. The van der Waals surface area contributed by atoms with Crippen LogP contribution in [0.3, 0.4) is 0 Å². The number of ether oxygens (including phenoxy) is 1. The number of hydrogen-bond acceptors (Lipinski definition) is 5. The maximum Gasteiger partial charge on any atom is 0.511 e. The highest BCUT2D eigenvalue weighted by Crippen LogP contribution is 2.57. The third-order valence-electron chi connectivity index (χ3n) is 4.88. The van der Waals surface area contributed by atoms with Crippen molar-refractivity contribution in [2.24, 2.45) is 5.92 Å². The Morgan fingerprint density at radius 1 is 1.41 bits per heavy atom. The molecule has 3 aliphatic carbocycles.